The molecule has 3 aromatic rings. The average Bonchev–Trinajstić information content (AvgIpc) is 3.07. The number of nitrogens with zero attached hydrogens (tertiary/aromatic N) is 5. The second kappa shape index (κ2) is 4.82. The Bertz CT molecular complexity index is 675. The summed E-state index contributed by atoms with van der Waals surface area (Å²) in [6.45, 7) is 0.674. The number of aromatic nitrogens is 4. The monoisotopic (exact) mass is 275 g/mol. The Morgan fingerprint density at radius 3 is 3.11 bits per heavy atom. The van der Waals surface area contributed by atoms with Gasteiger partial charge in [0.05, 0.1) is 23.9 Å². The summed E-state index contributed by atoms with van der Waals surface area (Å²) in [5.41, 5.74) is 6.18. The van der Waals surface area contributed by atoms with Gasteiger partial charge in [-0.1, -0.05) is 0 Å². The van der Waals surface area contributed by atoms with E-state index in [2.05, 4.69) is 20.4 Å². The van der Waals surface area contributed by atoms with E-state index in [1.165, 1.54) is 0 Å². The van der Waals surface area contributed by atoms with E-state index in [4.69, 9.17) is 5.84 Å². The molecule has 3 aromatic heterocycles. The number of rotatable bonds is 4. The van der Waals surface area contributed by atoms with Gasteiger partial charge in [0.2, 0.25) is 0 Å². The van der Waals surface area contributed by atoms with Crippen LogP contribution >= 0.6 is 11.3 Å². The van der Waals surface area contributed by atoms with E-state index in [9.17, 15) is 0 Å². The minimum Gasteiger partial charge on any atom is -0.351 e. The standard InChI is InChI=1S/C11H13N7S/c1-17(4-8-6-19-7-14-8)11-10-13-2-3-18(10)5-9(15-11)16-12/h2-3,5-7,16H,4,12H2,1H3. The van der Waals surface area contributed by atoms with Crippen LogP contribution in [-0.4, -0.2) is 26.4 Å². The van der Waals surface area contributed by atoms with Gasteiger partial charge in [-0.05, 0) is 0 Å². The van der Waals surface area contributed by atoms with E-state index in [-0.39, 0.29) is 0 Å². The highest BCUT2D eigenvalue weighted by molar-refractivity contribution is 7.07. The highest BCUT2D eigenvalue weighted by Crippen LogP contribution is 2.20. The molecule has 3 heterocycles. The minimum atomic E-state index is 0.589. The Labute approximate surface area is 113 Å². The Morgan fingerprint density at radius 2 is 2.37 bits per heavy atom. The number of nitrogen functional groups attached to an aromatic ring is 1. The summed E-state index contributed by atoms with van der Waals surface area (Å²) in [7, 11) is 1.96. The van der Waals surface area contributed by atoms with E-state index in [0.717, 1.165) is 17.2 Å². The summed E-state index contributed by atoms with van der Waals surface area (Å²) in [5, 5.41) is 2.02. The largest absolute Gasteiger partial charge is 0.351 e. The van der Waals surface area contributed by atoms with Gasteiger partial charge in [0.25, 0.3) is 0 Å². The van der Waals surface area contributed by atoms with E-state index in [1.54, 1.807) is 23.7 Å². The summed E-state index contributed by atoms with van der Waals surface area (Å²) in [6, 6.07) is 0. The van der Waals surface area contributed by atoms with E-state index in [0.29, 0.717) is 12.4 Å². The van der Waals surface area contributed by atoms with Crippen LogP contribution in [0.2, 0.25) is 0 Å². The third-order valence-corrected chi connectivity index (χ3v) is 3.38. The van der Waals surface area contributed by atoms with Gasteiger partial charge in [0.1, 0.15) is 0 Å². The molecular weight excluding hydrogens is 262 g/mol. The van der Waals surface area contributed by atoms with Gasteiger partial charge >= 0.3 is 0 Å². The maximum absolute atomic E-state index is 5.44. The lowest BCUT2D eigenvalue weighted by Gasteiger charge is -2.18. The molecule has 0 radical (unpaired) electrons. The van der Waals surface area contributed by atoms with Crippen LogP contribution < -0.4 is 16.2 Å². The molecule has 0 bridgehead atoms. The van der Waals surface area contributed by atoms with Crippen LogP contribution in [0.3, 0.4) is 0 Å². The lowest BCUT2D eigenvalue weighted by molar-refractivity contribution is 0.870. The zero-order valence-electron chi connectivity index (χ0n) is 10.3. The van der Waals surface area contributed by atoms with Crippen LogP contribution in [-0.2, 0) is 6.54 Å². The predicted molar refractivity (Wildman–Crippen MR) is 75.0 cm³/mol. The van der Waals surface area contributed by atoms with E-state index in [1.807, 2.05) is 33.4 Å². The fourth-order valence-corrected chi connectivity index (χ4v) is 2.42. The van der Waals surface area contributed by atoms with Crippen molar-refractivity contribution in [2.24, 2.45) is 5.84 Å². The first-order valence-corrected chi connectivity index (χ1v) is 6.61. The first kappa shape index (κ1) is 11.9. The molecule has 0 unspecified atom stereocenters. The quantitative estimate of drug-likeness (QED) is 0.548. The Hall–Kier alpha value is -2.19. The fourth-order valence-electron chi connectivity index (χ4n) is 1.87. The molecule has 0 aliphatic heterocycles. The van der Waals surface area contributed by atoms with Gasteiger partial charge in [-0.15, -0.1) is 11.3 Å². The minimum absolute atomic E-state index is 0.589. The van der Waals surface area contributed by atoms with Crippen molar-refractivity contribution in [3.05, 3.63) is 35.2 Å². The topological polar surface area (TPSA) is 84.4 Å². The van der Waals surface area contributed by atoms with Crippen LogP contribution in [0.4, 0.5) is 11.6 Å². The smallest absolute Gasteiger partial charge is 0.180 e. The highest BCUT2D eigenvalue weighted by Gasteiger charge is 2.12. The molecule has 19 heavy (non-hydrogen) atoms. The number of anilines is 2. The number of nitrogens with two attached hydrogens (primary N) is 1. The first-order chi connectivity index (χ1) is 9.28. The molecule has 0 fully saturated rings. The molecule has 8 heteroatoms. The summed E-state index contributed by atoms with van der Waals surface area (Å²) in [4.78, 5) is 15.0. The van der Waals surface area contributed by atoms with Crippen molar-refractivity contribution in [2.75, 3.05) is 17.4 Å². The van der Waals surface area contributed by atoms with Crippen molar-refractivity contribution in [1.29, 1.82) is 0 Å². The molecule has 0 aliphatic carbocycles. The maximum atomic E-state index is 5.44. The number of hydrogen-bond donors (Lipinski definition) is 2. The fraction of sp³-hybridized carbons (Fsp3) is 0.182. The highest BCUT2D eigenvalue weighted by atomic mass is 32.1. The van der Waals surface area contributed by atoms with Gasteiger partial charge in [0.15, 0.2) is 17.3 Å². The van der Waals surface area contributed by atoms with Crippen LogP contribution in [0.1, 0.15) is 5.69 Å². The second-order valence-corrected chi connectivity index (χ2v) is 4.81. The molecule has 0 saturated heterocycles. The van der Waals surface area contributed by atoms with Gasteiger partial charge in [-0.25, -0.2) is 20.8 Å². The molecule has 98 valence electrons. The maximum Gasteiger partial charge on any atom is 0.180 e. The lowest BCUT2D eigenvalue weighted by atomic mass is 10.4. The number of fused-ring (bicyclic) bond motifs is 1. The average molecular weight is 275 g/mol. The van der Waals surface area contributed by atoms with Crippen LogP contribution in [0.15, 0.2) is 29.5 Å². The Kier molecular flexibility index (Phi) is 3.02. The third-order valence-electron chi connectivity index (χ3n) is 2.75. The summed E-state index contributed by atoms with van der Waals surface area (Å²) < 4.78 is 1.88. The SMILES string of the molecule is CN(Cc1cscn1)c1nc(NN)cn2ccnc12. The molecule has 0 atom stereocenters. The zero-order valence-corrected chi connectivity index (χ0v) is 11.1. The Morgan fingerprint density at radius 1 is 1.47 bits per heavy atom. The second-order valence-electron chi connectivity index (χ2n) is 4.09. The van der Waals surface area contributed by atoms with Crippen molar-refractivity contribution in [1.82, 2.24) is 19.4 Å². The van der Waals surface area contributed by atoms with E-state index >= 15 is 0 Å². The molecule has 3 N–H and O–H groups in total. The van der Waals surface area contributed by atoms with Gasteiger partial charge < -0.3 is 14.7 Å². The third kappa shape index (κ3) is 2.23. The van der Waals surface area contributed by atoms with Gasteiger partial charge in [-0.3, -0.25) is 0 Å². The number of imidazole rings is 1. The molecule has 0 amide bonds. The van der Waals surface area contributed by atoms with Crippen molar-refractivity contribution >= 4 is 28.6 Å². The number of hydrogen-bond acceptors (Lipinski definition) is 7. The molecule has 7 nitrogen and oxygen atoms in total. The van der Waals surface area contributed by atoms with Crippen LogP contribution in [0.5, 0.6) is 0 Å². The summed E-state index contributed by atoms with van der Waals surface area (Å²) in [5.74, 6) is 6.79. The molecule has 0 spiro atoms. The summed E-state index contributed by atoms with van der Waals surface area (Å²) in [6.07, 6.45) is 5.39. The Balaban J connectivity index is 2.00. The summed E-state index contributed by atoms with van der Waals surface area (Å²) >= 11 is 1.58. The molecular formula is C11H13N7S. The normalized spacial score (nSPS) is 10.8. The van der Waals surface area contributed by atoms with Crippen molar-refractivity contribution < 1.29 is 0 Å². The van der Waals surface area contributed by atoms with Crippen LogP contribution in [0.25, 0.3) is 5.65 Å². The number of thiazole rings is 1. The van der Waals surface area contributed by atoms with Crippen LogP contribution in [0, 0.1) is 0 Å². The van der Waals surface area contributed by atoms with E-state index < -0.39 is 0 Å². The lowest BCUT2D eigenvalue weighted by Crippen LogP contribution is -2.20. The molecule has 0 saturated carbocycles. The molecule has 0 aromatic carbocycles. The van der Waals surface area contributed by atoms with Gasteiger partial charge in [0, 0.05) is 24.8 Å². The van der Waals surface area contributed by atoms with Crippen molar-refractivity contribution in [3.8, 4) is 0 Å². The predicted octanol–water partition coefficient (Wildman–Crippen LogP) is 1.11. The number of nitrogens with one attached hydrogen (secondary N) is 1. The molecule has 3 rings (SSSR count). The van der Waals surface area contributed by atoms with Gasteiger partial charge in [-0.2, -0.15) is 0 Å². The molecule has 0 aliphatic rings. The first-order valence-electron chi connectivity index (χ1n) is 5.66. The van der Waals surface area contributed by atoms with Crippen molar-refractivity contribution in [2.45, 2.75) is 6.54 Å². The van der Waals surface area contributed by atoms with Crippen molar-refractivity contribution in [3.63, 3.8) is 0 Å². The number of hydrazine groups is 1. The zero-order chi connectivity index (χ0) is 13.2.